The van der Waals surface area contributed by atoms with Gasteiger partial charge < -0.3 is 11.1 Å². The molecule has 3 N–H and O–H groups in total. The van der Waals surface area contributed by atoms with Crippen LogP contribution in [0.5, 0.6) is 0 Å². The molecule has 1 aliphatic rings. The van der Waals surface area contributed by atoms with Crippen LogP contribution in [0.2, 0.25) is 0 Å². The molecule has 3 nitrogen and oxygen atoms in total. The van der Waals surface area contributed by atoms with Gasteiger partial charge in [-0.05, 0) is 41.6 Å². The Morgan fingerprint density at radius 2 is 1.95 bits per heavy atom. The molecular weight excluding hydrogens is 284 g/mol. The van der Waals surface area contributed by atoms with Gasteiger partial charge in [0.2, 0.25) is 5.91 Å². The van der Waals surface area contributed by atoms with Gasteiger partial charge in [-0.1, -0.05) is 42.5 Å². The third-order valence-corrected chi connectivity index (χ3v) is 4.01. The smallest absolute Gasteiger partial charge is 0.223 e. The van der Waals surface area contributed by atoms with E-state index in [1.807, 2.05) is 6.07 Å². The number of rotatable bonds is 5. The number of nitrogens with two attached hydrogens (primary N) is 1. The molecule has 112 valence electrons. The predicted octanol–water partition coefficient (Wildman–Crippen LogP) is 2.83. The third-order valence-electron chi connectivity index (χ3n) is 4.01. The minimum Gasteiger partial charge on any atom is -0.356 e. The lowest BCUT2D eigenvalue weighted by Crippen LogP contribution is -2.27. The Morgan fingerprint density at radius 1 is 1.19 bits per heavy atom. The molecule has 1 aliphatic carbocycles. The van der Waals surface area contributed by atoms with E-state index >= 15 is 0 Å². The van der Waals surface area contributed by atoms with Crippen LogP contribution >= 0.6 is 12.4 Å². The fourth-order valence-corrected chi connectivity index (χ4v) is 2.74. The predicted molar refractivity (Wildman–Crippen MR) is 88.7 cm³/mol. The zero-order chi connectivity index (χ0) is 13.9. The van der Waals surface area contributed by atoms with Crippen molar-refractivity contribution >= 4 is 29.1 Å². The zero-order valence-corrected chi connectivity index (χ0v) is 12.7. The molecule has 0 aromatic heterocycles. The van der Waals surface area contributed by atoms with Crippen LogP contribution in [-0.4, -0.2) is 19.0 Å². The first-order valence-corrected chi connectivity index (χ1v) is 7.26. The molecule has 0 heterocycles. The number of fused-ring (bicyclic) bond motifs is 1. The lowest BCUT2D eigenvalue weighted by molar-refractivity contribution is -0.122. The number of benzene rings is 2. The molecular formula is C17H21ClN2O. The Hall–Kier alpha value is -1.58. The monoisotopic (exact) mass is 304 g/mol. The third kappa shape index (κ3) is 3.55. The maximum Gasteiger partial charge on any atom is 0.223 e. The summed E-state index contributed by atoms with van der Waals surface area (Å²) >= 11 is 0. The largest absolute Gasteiger partial charge is 0.356 e. The van der Waals surface area contributed by atoms with Crippen LogP contribution in [0.3, 0.4) is 0 Å². The number of hydrogen-bond acceptors (Lipinski definition) is 2. The van der Waals surface area contributed by atoms with Gasteiger partial charge in [-0.15, -0.1) is 12.4 Å². The summed E-state index contributed by atoms with van der Waals surface area (Å²) in [6.07, 6.45) is 1.81. The van der Waals surface area contributed by atoms with Gasteiger partial charge in [0.05, 0.1) is 0 Å². The van der Waals surface area contributed by atoms with Crippen molar-refractivity contribution in [3.63, 3.8) is 0 Å². The van der Waals surface area contributed by atoms with Gasteiger partial charge in [-0.2, -0.15) is 0 Å². The van der Waals surface area contributed by atoms with E-state index < -0.39 is 0 Å². The van der Waals surface area contributed by atoms with Crippen LogP contribution in [0.4, 0.5) is 0 Å². The van der Waals surface area contributed by atoms with Gasteiger partial charge in [0.15, 0.2) is 0 Å². The van der Waals surface area contributed by atoms with E-state index in [-0.39, 0.29) is 24.2 Å². The summed E-state index contributed by atoms with van der Waals surface area (Å²) in [4.78, 5) is 12.0. The van der Waals surface area contributed by atoms with E-state index in [4.69, 9.17) is 5.73 Å². The molecule has 1 saturated carbocycles. The second-order valence-electron chi connectivity index (χ2n) is 5.49. The molecule has 0 saturated heterocycles. The van der Waals surface area contributed by atoms with Crippen LogP contribution in [0.15, 0.2) is 42.5 Å². The van der Waals surface area contributed by atoms with Gasteiger partial charge in [0.25, 0.3) is 0 Å². The second kappa shape index (κ2) is 6.92. The highest BCUT2D eigenvalue weighted by atomic mass is 35.5. The molecule has 0 spiro atoms. The Bertz CT molecular complexity index is 629. The summed E-state index contributed by atoms with van der Waals surface area (Å²) < 4.78 is 0. The van der Waals surface area contributed by atoms with Crippen molar-refractivity contribution in [3.8, 4) is 0 Å². The number of nitrogens with one attached hydrogen (secondary N) is 1. The van der Waals surface area contributed by atoms with Crippen molar-refractivity contribution in [1.82, 2.24) is 5.32 Å². The molecule has 2 aromatic carbocycles. The van der Waals surface area contributed by atoms with E-state index in [0.29, 0.717) is 19.0 Å². The molecule has 1 amide bonds. The molecule has 2 atom stereocenters. The highest BCUT2D eigenvalue weighted by Crippen LogP contribution is 2.48. The summed E-state index contributed by atoms with van der Waals surface area (Å²) in [7, 11) is 0. The van der Waals surface area contributed by atoms with Crippen molar-refractivity contribution < 1.29 is 4.79 Å². The van der Waals surface area contributed by atoms with Gasteiger partial charge in [0, 0.05) is 12.5 Å². The van der Waals surface area contributed by atoms with Crippen molar-refractivity contribution in [2.75, 3.05) is 13.1 Å². The standard InChI is InChI=1S/C17H20N2O.ClH/c18-8-3-9-19-17(20)16-11-15(16)14-7-6-12-4-1-2-5-13(12)10-14;/h1-2,4-7,10,15-16H,3,8-9,11,18H2,(H,19,20);1H. The Morgan fingerprint density at radius 3 is 2.71 bits per heavy atom. The summed E-state index contributed by atoms with van der Waals surface area (Å²) in [5, 5.41) is 5.46. The first-order chi connectivity index (χ1) is 9.79. The molecule has 0 radical (unpaired) electrons. The lowest BCUT2D eigenvalue weighted by atomic mass is 10.0. The lowest BCUT2D eigenvalue weighted by Gasteiger charge is -2.05. The van der Waals surface area contributed by atoms with E-state index in [1.165, 1.54) is 16.3 Å². The average Bonchev–Trinajstić information content (AvgIpc) is 3.27. The Kier molecular flexibility index (Phi) is 5.21. The Balaban J connectivity index is 0.00000161. The summed E-state index contributed by atoms with van der Waals surface area (Å²) in [6.45, 7) is 1.31. The first kappa shape index (κ1) is 15.8. The first-order valence-electron chi connectivity index (χ1n) is 7.26. The van der Waals surface area contributed by atoms with Crippen LogP contribution < -0.4 is 11.1 Å². The maximum atomic E-state index is 12.0. The molecule has 0 bridgehead atoms. The molecule has 0 aliphatic heterocycles. The summed E-state index contributed by atoms with van der Waals surface area (Å²) in [5.41, 5.74) is 6.71. The van der Waals surface area contributed by atoms with Gasteiger partial charge in [-0.3, -0.25) is 4.79 Å². The molecule has 2 aromatic rings. The molecule has 1 fully saturated rings. The van der Waals surface area contributed by atoms with Gasteiger partial charge in [0.1, 0.15) is 0 Å². The molecule has 4 heteroatoms. The van der Waals surface area contributed by atoms with E-state index in [0.717, 1.165) is 12.8 Å². The second-order valence-corrected chi connectivity index (χ2v) is 5.49. The summed E-state index contributed by atoms with van der Waals surface area (Å²) in [5.74, 6) is 0.711. The van der Waals surface area contributed by atoms with Gasteiger partial charge in [-0.25, -0.2) is 0 Å². The number of carbonyl (C=O) groups excluding carboxylic acids is 1. The molecule has 2 unspecified atom stereocenters. The Labute approximate surface area is 131 Å². The zero-order valence-electron chi connectivity index (χ0n) is 11.9. The molecule has 3 rings (SSSR count). The fraction of sp³-hybridized carbons (Fsp3) is 0.353. The highest BCUT2D eigenvalue weighted by Gasteiger charge is 2.43. The minimum atomic E-state index is 0. The quantitative estimate of drug-likeness (QED) is 0.835. The summed E-state index contributed by atoms with van der Waals surface area (Å²) in [6, 6.07) is 14.9. The van der Waals surface area contributed by atoms with Crippen molar-refractivity contribution in [2.24, 2.45) is 11.7 Å². The van der Waals surface area contributed by atoms with Crippen molar-refractivity contribution in [2.45, 2.75) is 18.8 Å². The van der Waals surface area contributed by atoms with Crippen LogP contribution in [0.1, 0.15) is 24.3 Å². The van der Waals surface area contributed by atoms with Crippen molar-refractivity contribution in [1.29, 1.82) is 0 Å². The number of halogens is 1. The van der Waals surface area contributed by atoms with Crippen molar-refractivity contribution in [3.05, 3.63) is 48.0 Å². The van der Waals surface area contributed by atoms with Crippen LogP contribution in [0.25, 0.3) is 10.8 Å². The highest BCUT2D eigenvalue weighted by molar-refractivity contribution is 5.86. The molecule has 21 heavy (non-hydrogen) atoms. The average molecular weight is 305 g/mol. The van der Waals surface area contributed by atoms with E-state index in [2.05, 4.69) is 41.7 Å². The minimum absolute atomic E-state index is 0. The maximum absolute atomic E-state index is 12.0. The van der Waals surface area contributed by atoms with Gasteiger partial charge >= 0.3 is 0 Å². The fourth-order valence-electron chi connectivity index (χ4n) is 2.74. The SMILES string of the molecule is Cl.NCCCNC(=O)C1CC1c1ccc2ccccc2c1. The van der Waals surface area contributed by atoms with E-state index in [9.17, 15) is 4.79 Å². The number of hydrogen-bond donors (Lipinski definition) is 2. The van der Waals surface area contributed by atoms with Crippen LogP contribution in [0, 0.1) is 5.92 Å². The van der Waals surface area contributed by atoms with Crippen LogP contribution in [-0.2, 0) is 4.79 Å². The number of amides is 1. The van der Waals surface area contributed by atoms with E-state index in [1.54, 1.807) is 0 Å². The topological polar surface area (TPSA) is 55.1 Å². The normalized spacial score (nSPS) is 19.9. The number of carbonyl (C=O) groups is 1.